The van der Waals surface area contributed by atoms with Crippen molar-refractivity contribution in [2.24, 2.45) is 0 Å². The van der Waals surface area contributed by atoms with Gasteiger partial charge in [-0.1, -0.05) is 36.4 Å². The number of benzene rings is 2. The van der Waals surface area contributed by atoms with E-state index in [0.717, 1.165) is 19.3 Å². The summed E-state index contributed by atoms with van der Waals surface area (Å²) >= 11 is 0. The first kappa shape index (κ1) is 15.4. The Hall–Kier alpha value is -2.49. The molecule has 0 spiro atoms. The Bertz CT molecular complexity index is 655. The number of nitrogens with one attached hydrogen (secondary N) is 1. The van der Waals surface area contributed by atoms with Gasteiger partial charge in [-0.05, 0) is 37.0 Å². The highest BCUT2D eigenvalue weighted by molar-refractivity contribution is 5.97. The molecule has 0 unspecified atom stereocenters. The Labute approximate surface area is 136 Å². The maximum Gasteiger partial charge on any atom is 0.255 e. The molecule has 4 nitrogen and oxygen atoms in total. The first-order valence-electron chi connectivity index (χ1n) is 8.05. The number of hydrogen-bond donors (Lipinski definition) is 1. The SMILES string of the molecule is O=C(NCCCCc1ccccc1)c1cccc2c1OCCO2. The fourth-order valence-corrected chi connectivity index (χ4v) is 2.65. The fourth-order valence-electron chi connectivity index (χ4n) is 2.65. The minimum Gasteiger partial charge on any atom is -0.486 e. The molecule has 0 radical (unpaired) electrons. The maximum atomic E-state index is 12.3. The topological polar surface area (TPSA) is 47.6 Å². The van der Waals surface area contributed by atoms with Gasteiger partial charge in [-0.2, -0.15) is 0 Å². The molecule has 1 aliphatic rings. The first-order valence-corrected chi connectivity index (χ1v) is 8.05. The number of carbonyl (C=O) groups excluding carboxylic acids is 1. The zero-order valence-corrected chi connectivity index (χ0v) is 13.1. The summed E-state index contributed by atoms with van der Waals surface area (Å²) in [5, 5.41) is 2.96. The quantitative estimate of drug-likeness (QED) is 0.833. The van der Waals surface area contributed by atoms with Crippen molar-refractivity contribution in [2.45, 2.75) is 19.3 Å². The Balaban J connectivity index is 1.47. The standard InChI is InChI=1S/C19H21NO3/c21-19(16-10-6-11-17-18(16)23-14-13-22-17)20-12-5-4-9-15-7-2-1-3-8-15/h1-3,6-8,10-11H,4-5,9,12-14H2,(H,20,21). The number of unbranched alkanes of at least 4 members (excludes halogenated alkanes) is 1. The summed E-state index contributed by atoms with van der Waals surface area (Å²) in [5.41, 5.74) is 1.88. The van der Waals surface area contributed by atoms with Gasteiger partial charge in [0, 0.05) is 6.54 Å². The summed E-state index contributed by atoms with van der Waals surface area (Å²) in [6, 6.07) is 15.8. The smallest absolute Gasteiger partial charge is 0.255 e. The molecule has 0 saturated carbocycles. The lowest BCUT2D eigenvalue weighted by Gasteiger charge is -2.20. The van der Waals surface area contributed by atoms with E-state index in [1.54, 1.807) is 6.07 Å². The van der Waals surface area contributed by atoms with Crippen molar-refractivity contribution in [3.63, 3.8) is 0 Å². The van der Waals surface area contributed by atoms with Crippen LogP contribution in [0.25, 0.3) is 0 Å². The Morgan fingerprint density at radius 3 is 2.65 bits per heavy atom. The summed E-state index contributed by atoms with van der Waals surface area (Å²) in [7, 11) is 0. The van der Waals surface area contributed by atoms with E-state index in [4.69, 9.17) is 9.47 Å². The number of fused-ring (bicyclic) bond motifs is 1. The summed E-state index contributed by atoms with van der Waals surface area (Å²) < 4.78 is 11.1. The molecule has 1 amide bonds. The summed E-state index contributed by atoms with van der Waals surface area (Å²) in [6.45, 7) is 1.67. The fraction of sp³-hybridized carbons (Fsp3) is 0.316. The second-order valence-electron chi connectivity index (χ2n) is 5.53. The average Bonchev–Trinajstić information content (AvgIpc) is 2.61. The van der Waals surface area contributed by atoms with E-state index in [9.17, 15) is 4.79 Å². The molecule has 0 saturated heterocycles. The van der Waals surface area contributed by atoms with Crippen LogP contribution in [-0.2, 0) is 6.42 Å². The van der Waals surface area contributed by atoms with Crippen LogP contribution in [0.4, 0.5) is 0 Å². The third kappa shape index (κ3) is 4.03. The van der Waals surface area contributed by atoms with Crippen LogP contribution in [0.3, 0.4) is 0 Å². The van der Waals surface area contributed by atoms with Gasteiger partial charge >= 0.3 is 0 Å². The number of aryl methyl sites for hydroxylation is 1. The van der Waals surface area contributed by atoms with E-state index in [2.05, 4.69) is 29.6 Å². The largest absolute Gasteiger partial charge is 0.486 e. The normalized spacial score (nSPS) is 12.7. The average molecular weight is 311 g/mol. The van der Waals surface area contributed by atoms with Gasteiger partial charge in [0.05, 0.1) is 5.56 Å². The zero-order valence-electron chi connectivity index (χ0n) is 13.1. The highest BCUT2D eigenvalue weighted by Crippen LogP contribution is 2.33. The summed E-state index contributed by atoms with van der Waals surface area (Å²) in [6.07, 6.45) is 3.04. The molecule has 0 aromatic heterocycles. The van der Waals surface area contributed by atoms with Crippen molar-refractivity contribution in [3.8, 4) is 11.5 Å². The van der Waals surface area contributed by atoms with Crippen molar-refractivity contribution in [1.82, 2.24) is 5.32 Å². The van der Waals surface area contributed by atoms with Gasteiger partial charge in [0.2, 0.25) is 0 Å². The van der Waals surface area contributed by atoms with Gasteiger partial charge in [-0.3, -0.25) is 4.79 Å². The monoisotopic (exact) mass is 311 g/mol. The van der Waals surface area contributed by atoms with Gasteiger partial charge in [0.25, 0.3) is 5.91 Å². The predicted octanol–water partition coefficient (Wildman–Crippen LogP) is 3.21. The number of carbonyl (C=O) groups is 1. The third-order valence-electron chi connectivity index (χ3n) is 3.83. The van der Waals surface area contributed by atoms with Crippen molar-refractivity contribution in [1.29, 1.82) is 0 Å². The number of amides is 1. The van der Waals surface area contributed by atoms with Gasteiger partial charge in [0.1, 0.15) is 13.2 Å². The van der Waals surface area contributed by atoms with Gasteiger partial charge in [0.15, 0.2) is 11.5 Å². The lowest BCUT2D eigenvalue weighted by Crippen LogP contribution is -2.26. The number of rotatable bonds is 6. The Morgan fingerprint density at radius 1 is 0.957 bits per heavy atom. The highest BCUT2D eigenvalue weighted by Gasteiger charge is 2.19. The molecule has 1 aliphatic heterocycles. The highest BCUT2D eigenvalue weighted by atomic mass is 16.6. The van der Waals surface area contributed by atoms with Crippen LogP contribution in [0.15, 0.2) is 48.5 Å². The van der Waals surface area contributed by atoms with Crippen LogP contribution < -0.4 is 14.8 Å². The van der Waals surface area contributed by atoms with E-state index in [0.29, 0.717) is 36.8 Å². The number of para-hydroxylation sites is 1. The molecule has 23 heavy (non-hydrogen) atoms. The Kier molecular flexibility index (Phi) is 5.14. The lowest BCUT2D eigenvalue weighted by molar-refractivity contribution is 0.0942. The van der Waals surface area contributed by atoms with Gasteiger partial charge in [-0.15, -0.1) is 0 Å². The number of ether oxygens (including phenoxy) is 2. The molecule has 3 rings (SSSR count). The predicted molar refractivity (Wildman–Crippen MR) is 89.1 cm³/mol. The summed E-state index contributed by atoms with van der Waals surface area (Å²) in [4.78, 5) is 12.3. The van der Waals surface area contributed by atoms with Crippen LogP contribution in [0.5, 0.6) is 11.5 Å². The minimum absolute atomic E-state index is 0.105. The molecular formula is C19H21NO3. The van der Waals surface area contributed by atoms with Crippen LogP contribution in [-0.4, -0.2) is 25.7 Å². The molecule has 0 aliphatic carbocycles. The lowest BCUT2D eigenvalue weighted by atomic mass is 10.1. The molecule has 2 aromatic carbocycles. The first-order chi connectivity index (χ1) is 11.3. The molecular weight excluding hydrogens is 290 g/mol. The molecule has 1 N–H and O–H groups in total. The van der Waals surface area contributed by atoms with Crippen molar-refractivity contribution in [2.75, 3.05) is 19.8 Å². The second kappa shape index (κ2) is 7.68. The molecule has 1 heterocycles. The molecule has 0 bridgehead atoms. The third-order valence-corrected chi connectivity index (χ3v) is 3.83. The summed E-state index contributed by atoms with van der Waals surface area (Å²) in [5.74, 6) is 1.10. The molecule has 4 heteroatoms. The van der Waals surface area contributed by atoms with E-state index < -0.39 is 0 Å². The van der Waals surface area contributed by atoms with Gasteiger partial charge in [-0.25, -0.2) is 0 Å². The van der Waals surface area contributed by atoms with E-state index in [1.165, 1.54) is 5.56 Å². The Morgan fingerprint density at radius 2 is 1.78 bits per heavy atom. The van der Waals surface area contributed by atoms with Crippen molar-refractivity contribution < 1.29 is 14.3 Å². The maximum absolute atomic E-state index is 12.3. The van der Waals surface area contributed by atoms with Crippen LogP contribution in [0.2, 0.25) is 0 Å². The van der Waals surface area contributed by atoms with E-state index in [1.807, 2.05) is 18.2 Å². The van der Waals surface area contributed by atoms with E-state index in [-0.39, 0.29) is 5.91 Å². The zero-order chi connectivity index (χ0) is 15.9. The van der Waals surface area contributed by atoms with Crippen LogP contribution >= 0.6 is 0 Å². The number of hydrogen-bond acceptors (Lipinski definition) is 3. The minimum atomic E-state index is -0.105. The molecule has 0 fully saturated rings. The second-order valence-corrected chi connectivity index (χ2v) is 5.53. The van der Waals surface area contributed by atoms with Crippen LogP contribution in [0.1, 0.15) is 28.8 Å². The molecule has 0 atom stereocenters. The van der Waals surface area contributed by atoms with Crippen molar-refractivity contribution >= 4 is 5.91 Å². The van der Waals surface area contributed by atoms with Crippen molar-refractivity contribution in [3.05, 3.63) is 59.7 Å². The molecule has 120 valence electrons. The van der Waals surface area contributed by atoms with Crippen LogP contribution in [0, 0.1) is 0 Å². The van der Waals surface area contributed by atoms with Gasteiger partial charge < -0.3 is 14.8 Å². The molecule has 2 aromatic rings. The van der Waals surface area contributed by atoms with E-state index >= 15 is 0 Å².